The molecule has 16 heavy (non-hydrogen) atoms. The number of ketones is 1. The van der Waals surface area contributed by atoms with Crippen molar-refractivity contribution in [2.75, 3.05) is 0 Å². The lowest BCUT2D eigenvalue weighted by Crippen LogP contribution is -2.54. The van der Waals surface area contributed by atoms with Crippen molar-refractivity contribution in [2.45, 2.75) is 32.8 Å². The van der Waals surface area contributed by atoms with Crippen molar-refractivity contribution in [3.63, 3.8) is 0 Å². The Morgan fingerprint density at radius 2 is 2.31 bits per heavy atom. The Labute approximate surface area is 104 Å². The second kappa shape index (κ2) is 4.21. The number of hydrogen-bond donors (Lipinski definition) is 0. The van der Waals surface area contributed by atoms with Crippen LogP contribution in [0.2, 0.25) is 0 Å². The van der Waals surface area contributed by atoms with Crippen LogP contribution in [0.25, 0.3) is 0 Å². The molecule has 0 bridgehead atoms. The van der Waals surface area contributed by atoms with Gasteiger partial charge in [0.15, 0.2) is 0 Å². The molecule has 0 N–H and O–H groups in total. The average Bonchev–Trinajstić information content (AvgIpc) is 2.27. The molecule has 0 radical (unpaired) electrons. The maximum atomic E-state index is 11.6. The summed E-state index contributed by atoms with van der Waals surface area (Å²) in [6.45, 7) is 4.02. The molecule has 1 fully saturated rings. The van der Waals surface area contributed by atoms with Crippen LogP contribution < -0.4 is 4.74 Å². The van der Waals surface area contributed by atoms with Crippen molar-refractivity contribution in [3.8, 4) is 5.75 Å². The van der Waals surface area contributed by atoms with Gasteiger partial charge in [0.1, 0.15) is 17.6 Å². The van der Waals surface area contributed by atoms with Crippen molar-refractivity contribution >= 4 is 21.7 Å². The SMILES string of the molecule is CCC1(C)C(=O)CC1Oc1cccc(Br)c1. The Hall–Kier alpha value is -0.830. The van der Waals surface area contributed by atoms with Crippen LogP contribution in [0.15, 0.2) is 28.7 Å². The third-order valence-electron chi connectivity index (χ3n) is 3.53. The summed E-state index contributed by atoms with van der Waals surface area (Å²) in [5.41, 5.74) is -0.289. The van der Waals surface area contributed by atoms with E-state index >= 15 is 0 Å². The largest absolute Gasteiger partial charge is 0.489 e. The number of carbonyl (C=O) groups is 1. The van der Waals surface area contributed by atoms with Gasteiger partial charge in [-0.1, -0.05) is 28.9 Å². The van der Waals surface area contributed by atoms with Crippen LogP contribution in [0.4, 0.5) is 0 Å². The highest BCUT2D eigenvalue weighted by molar-refractivity contribution is 9.10. The number of halogens is 1. The molecule has 0 heterocycles. The number of ether oxygens (including phenoxy) is 1. The summed E-state index contributed by atoms with van der Waals surface area (Å²) in [7, 11) is 0. The molecule has 2 unspecified atom stereocenters. The molecule has 1 aliphatic rings. The van der Waals surface area contributed by atoms with Crippen molar-refractivity contribution in [1.82, 2.24) is 0 Å². The monoisotopic (exact) mass is 282 g/mol. The third-order valence-corrected chi connectivity index (χ3v) is 4.02. The van der Waals surface area contributed by atoms with Crippen LogP contribution in [0.3, 0.4) is 0 Å². The van der Waals surface area contributed by atoms with Crippen LogP contribution in [0.1, 0.15) is 26.7 Å². The molecule has 2 rings (SSSR count). The van der Waals surface area contributed by atoms with Crippen LogP contribution in [0.5, 0.6) is 5.75 Å². The minimum absolute atomic E-state index is 0.0271. The molecule has 0 saturated heterocycles. The number of Topliss-reactive ketones (excluding diaryl/α,β-unsaturated/α-hetero) is 1. The Balaban J connectivity index is 2.09. The van der Waals surface area contributed by atoms with Crippen LogP contribution in [0, 0.1) is 5.41 Å². The van der Waals surface area contributed by atoms with E-state index in [1.807, 2.05) is 38.1 Å². The number of hydrogen-bond acceptors (Lipinski definition) is 2. The Kier molecular flexibility index (Phi) is 3.06. The van der Waals surface area contributed by atoms with Gasteiger partial charge in [0.05, 0.1) is 5.41 Å². The summed E-state index contributed by atoms with van der Waals surface area (Å²) < 4.78 is 6.85. The molecular formula is C13H15BrO2. The Morgan fingerprint density at radius 3 is 2.88 bits per heavy atom. The Morgan fingerprint density at radius 1 is 1.56 bits per heavy atom. The highest BCUT2D eigenvalue weighted by atomic mass is 79.9. The van der Waals surface area contributed by atoms with Gasteiger partial charge in [-0.05, 0) is 31.5 Å². The zero-order valence-electron chi connectivity index (χ0n) is 9.50. The van der Waals surface area contributed by atoms with Gasteiger partial charge in [0.2, 0.25) is 0 Å². The number of benzene rings is 1. The molecule has 2 atom stereocenters. The molecule has 0 amide bonds. The highest BCUT2D eigenvalue weighted by Crippen LogP contribution is 2.42. The molecule has 0 aromatic heterocycles. The van der Waals surface area contributed by atoms with Crippen LogP contribution in [-0.2, 0) is 4.79 Å². The Bertz CT molecular complexity index is 416. The molecule has 1 saturated carbocycles. The molecule has 1 aromatic carbocycles. The molecule has 3 heteroatoms. The molecule has 1 aliphatic carbocycles. The first-order valence-corrected chi connectivity index (χ1v) is 6.31. The number of carbonyl (C=O) groups excluding carboxylic acids is 1. The van der Waals surface area contributed by atoms with E-state index in [9.17, 15) is 4.79 Å². The number of rotatable bonds is 3. The molecule has 2 nitrogen and oxygen atoms in total. The van der Waals surface area contributed by atoms with Gasteiger partial charge in [-0.15, -0.1) is 0 Å². The quantitative estimate of drug-likeness (QED) is 0.847. The maximum absolute atomic E-state index is 11.6. The molecule has 0 spiro atoms. The van der Waals surface area contributed by atoms with E-state index in [1.54, 1.807) is 0 Å². The lowest BCUT2D eigenvalue weighted by molar-refractivity contribution is -0.150. The van der Waals surface area contributed by atoms with Crippen LogP contribution in [-0.4, -0.2) is 11.9 Å². The molecule has 1 aromatic rings. The van der Waals surface area contributed by atoms with Crippen LogP contribution >= 0.6 is 15.9 Å². The molecular weight excluding hydrogens is 268 g/mol. The van der Waals surface area contributed by atoms with Gasteiger partial charge < -0.3 is 4.74 Å². The topological polar surface area (TPSA) is 26.3 Å². The zero-order valence-corrected chi connectivity index (χ0v) is 11.1. The minimum atomic E-state index is -0.289. The van der Waals surface area contributed by atoms with E-state index in [1.165, 1.54) is 0 Å². The lowest BCUT2D eigenvalue weighted by Gasteiger charge is -2.44. The fraction of sp³-hybridized carbons (Fsp3) is 0.462. The summed E-state index contributed by atoms with van der Waals surface area (Å²) in [5, 5.41) is 0. The fourth-order valence-electron chi connectivity index (χ4n) is 1.98. The predicted octanol–water partition coefficient (Wildman–Crippen LogP) is 3.59. The van der Waals surface area contributed by atoms with Crippen molar-refractivity contribution < 1.29 is 9.53 Å². The maximum Gasteiger partial charge on any atom is 0.146 e. The summed E-state index contributed by atoms with van der Waals surface area (Å²) in [6.07, 6.45) is 1.40. The highest BCUT2D eigenvalue weighted by Gasteiger charge is 2.51. The normalized spacial score (nSPS) is 28.7. The van der Waals surface area contributed by atoms with Gasteiger partial charge >= 0.3 is 0 Å². The van der Waals surface area contributed by atoms with Gasteiger partial charge in [0.25, 0.3) is 0 Å². The van der Waals surface area contributed by atoms with Gasteiger partial charge in [-0.25, -0.2) is 0 Å². The third kappa shape index (κ3) is 1.88. The lowest BCUT2D eigenvalue weighted by atomic mass is 9.64. The average molecular weight is 283 g/mol. The van der Waals surface area contributed by atoms with E-state index < -0.39 is 0 Å². The van der Waals surface area contributed by atoms with Gasteiger partial charge in [-0.2, -0.15) is 0 Å². The van der Waals surface area contributed by atoms with E-state index in [0.717, 1.165) is 16.6 Å². The summed E-state index contributed by atoms with van der Waals surface area (Å²) >= 11 is 3.40. The van der Waals surface area contributed by atoms with E-state index in [2.05, 4.69) is 15.9 Å². The van der Waals surface area contributed by atoms with Gasteiger partial charge in [-0.3, -0.25) is 4.79 Å². The molecule has 0 aliphatic heterocycles. The zero-order chi connectivity index (χ0) is 11.8. The van der Waals surface area contributed by atoms with E-state index in [4.69, 9.17) is 4.74 Å². The smallest absolute Gasteiger partial charge is 0.146 e. The standard InChI is InChI=1S/C13H15BrO2/c1-3-13(2)11(15)8-12(13)16-10-6-4-5-9(14)7-10/h4-7,12H,3,8H2,1-2H3. The second-order valence-electron chi connectivity index (χ2n) is 4.46. The van der Waals surface area contributed by atoms with E-state index in [-0.39, 0.29) is 11.5 Å². The predicted molar refractivity (Wildman–Crippen MR) is 66.6 cm³/mol. The first-order chi connectivity index (χ1) is 7.56. The second-order valence-corrected chi connectivity index (χ2v) is 5.38. The van der Waals surface area contributed by atoms with Gasteiger partial charge in [0, 0.05) is 10.9 Å². The summed E-state index contributed by atoms with van der Waals surface area (Å²) in [5.74, 6) is 1.14. The van der Waals surface area contributed by atoms with Crippen molar-refractivity contribution in [1.29, 1.82) is 0 Å². The summed E-state index contributed by atoms with van der Waals surface area (Å²) in [4.78, 5) is 11.6. The van der Waals surface area contributed by atoms with Crippen molar-refractivity contribution in [3.05, 3.63) is 28.7 Å². The van der Waals surface area contributed by atoms with E-state index in [0.29, 0.717) is 12.2 Å². The fourth-order valence-corrected chi connectivity index (χ4v) is 2.35. The summed E-state index contributed by atoms with van der Waals surface area (Å²) in [6, 6.07) is 7.74. The van der Waals surface area contributed by atoms with Crippen molar-refractivity contribution in [2.24, 2.45) is 5.41 Å². The molecule has 86 valence electrons. The first kappa shape index (κ1) is 11.6. The minimum Gasteiger partial charge on any atom is -0.489 e. The first-order valence-electron chi connectivity index (χ1n) is 5.52.